The number of amides is 1. The van der Waals surface area contributed by atoms with Crippen molar-refractivity contribution >= 4 is 28.4 Å². The van der Waals surface area contributed by atoms with E-state index in [-0.39, 0.29) is 24.1 Å². The zero-order chi connectivity index (χ0) is 22.9. The van der Waals surface area contributed by atoms with Gasteiger partial charge in [-0.2, -0.15) is 10.2 Å². The molecule has 1 N–H and O–H groups in total. The fourth-order valence-electron chi connectivity index (χ4n) is 4.07. The summed E-state index contributed by atoms with van der Waals surface area (Å²) in [6.45, 7) is 2.75. The molecule has 0 unspecified atom stereocenters. The van der Waals surface area contributed by atoms with E-state index >= 15 is 0 Å². The Bertz CT molecular complexity index is 1350. The van der Waals surface area contributed by atoms with E-state index in [0.29, 0.717) is 34.0 Å². The Labute approximate surface area is 194 Å². The minimum absolute atomic E-state index is 0.0285. The van der Waals surface area contributed by atoms with E-state index in [9.17, 15) is 9.59 Å². The number of hydrogen-bond acceptors (Lipinski definition) is 5. The molecule has 33 heavy (non-hydrogen) atoms. The third-order valence-electron chi connectivity index (χ3n) is 5.69. The summed E-state index contributed by atoms with van der Waals surface area (Å²) >= 11 is 6.06. The molecular formula is C23H23ClN6O3. The molecule has 170 valence electrons. The van der Waals surface area contributed by atoms with Crippen molar-refractivity contribution in [3.05, 3.63) is 69.9 Å². The Morgan fingerprint density at radius 3 is 2.67 bits per heavy atom. The minimum atomic E-state index is -0.383. The first-order chi connectivity index (χ1) is 16.0. The van der Waals surface area contributed by atoms with Crippen molar-refractivity contribution in [2.45, 2.75) is 32.4 Å². The first-order valence-electron chi connectivity index (χ1n) is 10.8. The van der Waals surface area contributed by atoms with Crippen molar-refractivity contribution in [3.8, 4) is 11.5 Å². The molecule has 5 rings (SSSR count). The number of carbonyl (C=O) groups excluding carboxylic acids is 1. The fraction of sp³-hybridized carbons (Fsp3) is 0.304. The number of benzene rings is 1. The average molecular weight is 467 g/mol. The molecule has 0 aliphatic carbocycles. The van der Waals surface area contributed by atoms with Gasteiger partial charge in [-0.3, -0.25) is 9.59 Å². The SMILES string of the molecule is Cc1nn(CC(=O)NC[C@H]2CCCO2)c(=O)c2c(-n3cccc3)n(-c3ccc(Cl)cc3)nc12. The Morgan fingerprint density at radius 2 is 1.97 bits per heavy atom. The summed E-state index contributed by atoms with van der Waals surface area (Å²) in [5.41, 5.74) is 1.40. The molecule has 1 aliphatic heterocycles. The normalized spacial score (nSPS) is 15.9. The van der Waals surface area contributed by atoms with Crippen molar-refractivity contribution in [2.75, 3.05) is 13.2 Å². The predicted molar refractivity (Wildman–Crippen MR) is 124 cm³/mol. The number of nitrogens with one attached hydrogen (secondary N) is 1. The van der Waals surface area contributed by atoms with Gasteiger partial charge in [-0.25, -0.2) is 9.36 Å². The largest absolute Gasteiger partial charge is 0.376 e. The molecule has 1 aromatic carbocycles. The van der Waals surface area contributed by atoms with E-state index in [2.05, 4.69) is 10.4 Å². The van der Waals surface area contributed by atoms with Crippen LogP contribution in [0.15, 0.2) is 53.6 Å². The molecule has 4 aromatic rings. The summed E-state index contributed by atoms with van der Waals surface area (Å²) in [5, 5.41) is 12.9. The topological polar surface area (TPSA) is 96.0 Å². The van der Waals surface area contributed by atoms with Crippen LogP contribution in [0.2, 0.25) is 5.02 Å². The first-order valence-corrected chi connectivity index (χ1v) is 11.2. The molecule has 3 aromatic heterocycles. The molecule has 0 spiro atoms. The highest BCUT2D eigenvalue weighted by Crippen LogP contribution is 2.25. The maximum absolute atomic E-state index is 13.5. The second kappa shape index (κ2) is 8.84. The number of aryl methyl sites for hydroxylation is 1. The molecule has 1 fully saturated rings. The first kappa shape index (κ1) is 21.4. The summed E-state index contributed by atoms with van der Waals surface area (Å²) in [6, 6.07) is 10.9. The van der Waals surface area contributed by atoms with Crippen LogP contribution in [0.5, 0.6) is 0 Å². The summed E-state index contributed by atoms with van der Waals surface area (Å²) in [4.78, 5) is 26.0. The maximum Gasteiger partial charge on any atom is 0.280 e. The van der Waals surface area contributed by atoms with Crippen molar-refractivity contribution in [3.63, 3.8) is 0 Å². The average Bonchev–Trinajstić information content (AvgIpc) is 3.57. The van der Waals surface area contributed by atoms with E-state index < -0.39 is 0 Å². The van der Waals surface area contributed by atoms with Gasteiger partial charge in [-0.15, -0.1) is 0 Å². The molecule has 10 heteroatoms. The zero-order valence-corrected chi connectivity index (χ0v) is 18.8. The molecule has 1 atom stereocenters. The third kappa shape index (κ3) is 4.17. The van der Waals surface area contributed by atoms with E-state index in [1.807, 2.05) is 41.2 Å². The minimum Gasteiger partial charge on any atom is -0.376 e. The van der Waals surface area contributed by atoms with Crippen LogP contribution in [-0.2, 0) is 16.1 Å². The molecule has 1 amide bonds. The van der Waals surface area contributed by atoms with Gasteiger partial charge in [-0.05, 0) is 56.2 Å². The summed E-state index contributed by atoms with van der Waals surface area (Å²) in [7, 11) is 0. The molecule has 1 aliphatic rings. The van der Waals surface area contributed by atoms with Crippen molar-refractivity contribution in [1.29, 1.82) is 0 Å². The van der Waals surface area contributed by atoms with Crippen LogP contribution in [0.4, 0.5) is 0 Å². The Balaban J connectivity index is 1.57. The highest BCUT2D eigenvalue weighted by atomic mass is 35.5. The number of aromatic nitrogens is 5. The number of rotatable bonds is 6. The van der Waals surface area contributed by atoms with Gasteiger partial charge >= 0.3 is 0 Å². The smallest absolute Gasteiger partial charge is 0.280 e. The van der Waals surface area contributed by atoms with Crippen molar-refractivity contribution < 1.29 is 9.53 Å². The van der Waals surface area contributed by atoms with Gasteiger partial charge in [0.2, 0.25) is 5.91 Å². The summed E-state index contributed by atoms with van der Waals surface area (Å²) in [5.74, 6) is 0.285. The standard InChI is InChI=1S/C23H23ClN6O3/c1-15-21-20(23(32)29(26-15)14-19(31)25-13-18-5-4-12-33-18)22(28-10-2-3-11-28)30(27-21)17-8-6-16(24)7-9-17/h2-3,6-11,18H,4-5,12-14H2,1H3,(H,25,31)/t18-/m1/s1. The Hall–Kier alpha value is -3.43. The van der Waals surface area contributed by atoms with E-state index in [0.717, 1.165) is 25.1 Å². The molecule has 0 bridgehead atoms. The number of hydrogen-bond donors (Lipinski definition) is 1. The van der Waals surface area contributed by atoms with Gasteiger partial charge in [0, 0.05) is 30.6 Å². The molecular weight excluding hydrogens is 444 g/mol. The number of fused-ring (bicyclic) bond motifs is 1. The van der Waals surface area contributed by atoms with Crippen molar-refractivity contribution in [2.24, 2.45) is 0 Å². The van der Waals surface area contributed by atoms with E-state index in [1.54, 1.807) is 23.7 Å². The molecule has 1 saturated heterocycles. The monoisotopic (exact) mass is 466 g/mol. The van der Waals surface area contributed by atoms with Crippen LogP contribution in [0, 0.1) is 6.92 Å². The van der Waals surface area contributed by atoms with Crippen LogP contribution in [-0.4, -0.2) is 49.3 Å². The van der Waals surface area contributed by atoms with Gasteiger partial charge in [-0.1, -0.05) is 11.6 Å². The van der Waals surface area contributed by atoms with Crippen LogP contribution < -0.4 is 10.9 Å². The van der Waals surface area contributed by atoms with Crippen LogP contribution in [0.3, 0.4) is 0 Å². The Kier molecular flexibility index (Phi) is 5.74. The van der Waals surface area contributed by atoms with Gasteiger partial charge in [0.25, 0.3) is 5.56 Å². The third-order valence-corrected chi connectivity index (χ3v) is 5.94. The number of nitrogens with zero attached hydrogens (tertiary/aromatic N) is 5. The number of halogens is 1. The van der Waals surface area contributed by atoms with Gasteiger partial charge < -0.3 is 14.6 Å². The maximum atomic E-state index is 13.5. The quantitative estimate of drug-likeness (QED) is 0.471. The highest BCUT2D eigenvalue weighted by molar-refractivity contribution is 6.30. The van der Waals surface area contributed by atoms with Gasteiger partial charge in [0.15, 0.2) is 5.82 Å². The lowest BCUT2D eigenvalue weighted by molar-refractivity contribution is -0.122. The second-order valence-electron chi connectivity index (χ2n) is 8.01. The van der Waals surface area contributed by atoms with E-state index in [1.165, 1.54) is 4.68 Å². The molecule has 0 radical (unpaired) electrons. The lowest BCUT2D eigenvalue weighted by Crippen LogP contribution is -2.37. The predicted octanol–water partition coefficient (Wildman–Crippen LogP) is 2.63. The summed E-state index contributed by atoms with van der Waals surface area (Å²) < 4.78 is 10.3. The fourth-order valence-corrected chi connectivity index (χ4v) is 4.20. The number of ether oxygens (including phenoxy) is 1. The van der Waals surface area contributed by atoms with Crippen LogP contribution >= 0.6 is 11.6 Å². The molecule has 9 nitrogen and oxygen atoms in total. The zero-order valence-electron chi connectivity index (χ0n) is 18.1. The highest BCUT2D eigenvalue weighted by Gasteiger charge is 2.23. The van der Waals surface area contributed by atoms with Crippen LogP contribution in [0.1, 0.15) is 18.5 Å². The van der Waals surface area contributed by atoms with Crippen LogP contribution in [0.25, 0.3) is 22.4 Å². The lowest BCUT2D eigenvalue weighted by Gasteiger charge is -2.12. The Morgan fingerprint density at radius 1 is 1.21 bits per heavy atom. The summed E-state index contributed by atoms with van der Waals surface area (Å²) in [6.07, 6.45) is 5.64. The lowest BCUT2D eigenvalue weighted by atomic mass is 10.2. The van der Waals surface area contributed by atoms with Gasteiger partial charge in [0.1, 0.15) is 17.4 Å². The van der Waals surface area contributed by atoms with Crippen molar-refractivity contribution in [1.82, 2.24) is 29.4 Å². The molecule has 4 heterocycles. The second-order valence-corrected chi connectivity index (χ2v) is 8.45. The van der Waals surface area contributed by atoms with E-state index in [4.69, 9.17) is 21.4 Å². The van der Waals surface area contributed by atoms with Gasteiger partial charge in [0.05, 0.1) is 17.5 Å². The number of carbonyl (C=O) groups is 1. The molecule has 0 saturated carbocycles.